The summed E-state index contributed by atoms with van der Waals surface area (Å²) in [6.07, 6.45) is 4.59. The van der Waals surface area contributed by atoms with Crippen molar-refractivity contribution < 1.29 is 0 Å². The van der Waals surface area contributed by atoms with Crippen molar-refractivity contribution in [2.24, 2.45) is 0 Å². The molecule has 0 aliphatic rings. The van der Waals surface area contributed by atoms with Crippen LogP contribution in [0.15, 0.2) is 24.5 Å². The molecule has 0 N–H and O–H groups in total. The fourth-order valence-electron chi connectivity index (χ4n) is 1.58. The lowest BCUT2D eigenvalue weighted by molar-refractivity contribution is 1.19. The van der Waals surface area contributed by atoms with Gasteiger partial charge in [-0.25, -0.2) is 0 Å². The van der Waals surface area contributed by atoms with Crippen LogP contribution in [-0.2, 0) is 6.42 Å². The largest absolute Gasteiger partial charge is 0.263 e. The number of nitrogens with zero attached hydrogens (tertiary/aromatic N) is 1. The van der Waals surface area contributed by atoms with Crippen LogP contribution in [-0.4, -0.2) is 4.98 Å². The summed E-state index contributed by atoms with van der Waals surface area (Å²) in [5.74, 6) is 5.89. The van der Waals surface area contributed by atoms with Crippen LogP contribution in [0.2, 0.25) is 5.02 Å². The maximum absolute atomic E-state index is 6.16. The van der Waals surface area contributed by atoms with Gasteiger partial charge in [0.25, 0.3) is 0 Å². The maximum Gasteiger partial charge on any atom is 0.0551 e. The molecule has 0 unspecified atom stereocenters. The Kier molecular flexibility index (Phi) is 3.83. The summed E-state index contributed by atoms with van der Waals surface area (Å²) >= 11 is 7.88. The van der Waals surface area contributed by atoms with Crippen LogP contribution in [0.1, 0.15) is 24.3 Å². The Morgan fingerprint density at radius 1 is 1.35 bits per heavy atom. The molecular weight excluding hydrogens is 250 g/mol. The van der Waals surface area contributed by atoms with Gasteiger partial charge in [-0.3, -0.25) is 4.98 Å². The molecule has 3 heteroatoms. The van der Waals surface area contributed by atoms with Crippen molar-refractivity contribution in [1.29, 1.82) is 0 Å². The van der Waals surface area contributed by atoms with Crippen LogP contribution in [0.3, 0.4) is 0 Å². The average molecular weight is 262 g/mol. The molecule has 0 saturated carbocycles. The molecule has 86 valence electrons. The Bertz CT molecular complexity index is 590. The first-order chi connectivity index (χ1) is 8.24. The standard InChI is InChI=1S/C14H12ClNS/c1-3-5-10-6-11(9-16-8-10)14-7-12(15)13(4-2)17-14/h6-9H,4H2,1-2H3. The lowest BCUT2D eigenvalue weighted by Gasteiger charge is -1.97. The van der Waals surface area contributed by atoms with E-state index in [9.17, 15) is 0 Å². The number of thiophene rings is 1. The summed E-state index contributed by atoms with van der Waals surface area (Å²) in [6.45, 7) is 3.93. The number of aromatic nitrogens is 1. The van der Waals surface area contributed by atoms with Gasteiger partial charge in [-0.15, -0.1) is 17.3 Å². The topological polar surface area (TPSA) is 12.9 Å². The summed E-state index contributed by atoms with van der Waals surface area (Å²) < 4.78 is 0. The van der Waals surface area contributed by atoms with E-state index in [-0.39, 0.29) is 0 Å². The highest BCUT2D eigenvalue weighted by atomic mass is 35.5. The highest BCUT2D eigenvalue weighted by Gasteiger charge is 2.07. The molecule has 0 aliphatic heterocycles. The van der Waals surface area contributed by atoms with Crippen LogP contribution < -0.4 is 0 Å². The van der Waals surface area contributed by atoms with E-state index in [1.165, 1.54) is 4.88 Å². The fourth-order valence-corrected chi connectivity index (χ4v) is 2.97. The van der Waals surface area contributed by atoms with E-state index in [4.69, 9.17) is 11.6 Å². The van der Waals surface area contributed by atoms with E-state index < -0.39 is 0 Å². The Balaban J connectivity index is 2.44. The quantitative estimate of drug-likeness (QED) is 0.731. The van der Waals surface area contributed by atoms with Crippen molar-refractivity contribution in [2.45, 2.75) is 20.3 Å². The number of aryl methyl sites for hydroxylation is 1. The second kappa shape index (κ2) is 5.35. The smallest absolute Gasteiger partial charge is 0.0551 e. The molecule has 2 aromatic rings. The molecule has 0 atom stereocenters. The van der Waals surface area contributed by atoms with Gasteiger partial charge >= 0.3 is 0 Å². The zero-order valence-corrected chi connectivity index (χ0v) is 11.3. The van der Waals surface area contributed by atoms with Crippen molar-refractivity contribution in [3.05, 3.63) is 40.0 Å². The zero-order chi connectivity index (χ0) is 12.3. The Labute approximate surface area is 110 Å². The number of hydrogen-bond acceptors (Lipinski definition) is 2. The van der Waals surface area contributed by atoms with E-state index in [1.54, 1.807) is 17.5 Å². The lowest BCUT2D eigenvalue weighted by Crippen LogP contribution is -1.80. The summed E-state index contributed by atoms with van der Waals surface area (Å²) in [5.41, 5.74) is 2.02. The third-order valence-electron chi connectivity index (χ3n) is 2.37. The van der Waals surface area contributed by atoms with Crippen molar-refractivity contribution in [3.63, 3.8) is 0 Å². The molecule has 2 aromatic heterocycles. The molecule has 2 rings (SSSR count). The predicted molar refractivity (Wildman–Crippen MR) is 74.5 cm³/mol. The fraction of sp³-hybridized carbons (Fsp3) is 0.214. The monoisotopic (exact) mass is 261 g/mol. The molecule has 0 amide bonds. The molecular formula is C14H12ClNS. The second-order valence-electron chi connectivity index (χ2n) is 3.57. The van der Waals surface area contributed by atoms with E-state index in [1.807, 2.05) is 25.3 Å². The van der Waals surface area contributed by atoms with E-state index in [0.29, 0.717) is 0 Å². The Hall–Kier alpha value is -1.30. The molecule has 0 saturated heterocycles. The number of rotatable bonds is 2. The van der Waals surface area contributed by atoms with Crippen LogP contribution in [0.4, 0.5) is 0 Å². The Morgan fingerprint density at radius 3 is 2.82 bits per heavy atom. The average Bonchev–Trinajstić information content (AvgIpc) is 2.71. The number of hydrogen-bond donors (Lipinski definition) is 0. The molecule has 0 bridgehead atoms. The van der Waals surface area contributed by atoms with Crippen LogP contribution >= 0.6 is 22.9 Å². The molecule has 17 heavy (non-hydrogen) atoms. The van der Waals surface area contributed by atoms with E-state index >= 15 is 0 Å². The number of halogens is 1. The normalized spacial score (nSPS) is 9.82. The molecule has 0 aromatic carbocycles. The summed E-state index contributed by atoms with van der Waals surface area (Å²) in [5, 5.41) is 0.847. The van der Waals surface area contributed by atoms with Gasteiger partial charge in [-0.2, -0.15) is 0 Å². The van der Waals surface area contributed by atoms with Crippen molar-refractivity contribution in [1.82, 2.24) is 4.98 Å². The van der Waals surface area contributed by atoms with Crippen LogP contribution in [0, 0.1) is 11.8 Å². The lowest BCUT2D eigenvalue weighted by atomic mass is 10.2. The van der Waals surface area contributed by atoms with Crippen LogP contribution in [0.5, 0.6) is 0 Å². The summed E-state index contributed by atoms with van der Waals surface area (Å²) in [7, 11) is 0. The zero-order valence-electron chi connectivity index (χ0n) is 9.75. The van der Waals surface area contributed by atoms with Gasteiger partial charge in [0, 0.05) is 33.3 Å². The highest BCUT2D eigenvalue weighted by Crippen LogP contribution is 2.34. The summed E-state index contributed by atoms with van der Waals surface area (Å²) in [4.78, 5) is 6.57. The van der Waals surface area contributed by atoms with Gasteiger partial charge in [0.15, 0.2) is 0 Å². The molecule has 0 fully saturated rings. The SMILES string of the molecule is CC#Cc1cncc(-c2cc(Cl)c(CC)s2)c1. The van der Waals surface area contributed by atoms with Gasteiger partial charge in [-0.1, -0.05) is 24.4 Å². The first kappa shape index (κ1) is 12.2. The first-order valence-corrected chi connectivity index (χ1v) is 6.60. The van der Waals surface area contributed by atoms with Crippen molar-refractivity contribution in [2.75, 3.05) is 0 Å². The van der Waals surface area contributed by atoms with Gasteiger partial charge in [0.1, 0.15) is 0 Å². The van der Waals surface area contributed by atoms with Gasteiger partial charge in [0.2, 0.25) is 0 Å². The highest BCUT2D eigenvalue weighted by molar-refractivity contribution is 7.16. The van der Waals surface area contributed by atoms with Crippen molar-refractivity contribution >= 4 is 22.9 Å². The Morgan fingerprint density at radius 2 is 2.18 bits per heavy atom. The minimum Gasteiger partial charge on any atom is -0.263 e. The van der Waals surface area contributed by atoms with Gasteiger partial charge in [0.05, 0.1) is 5.02 Å². The van der Waals surface area contributed by atoms with Gasteiger partial charge < -0.3 is 0 Å². The first-order valence-electron chi connectivity index (χ1n) is 5.41. The minimum absolute atomic E-state index is 0.847. The molecule has 0 aliphatic carbocycles. The van der Waals surface area contributed by atoms with E-state index in [2.05, 4.69) is 23.7 Å². The van der Waals surface area contributed by atoms with E-state index in [0.717, 1.165) is 27.4 Å². The third kappa shape index (κ3) is 2.69. The summed E-state index contributed by atoms with van der Waals surface area (Å²) in [6, 6.07) is 4.05. The second-order valence-corrected chi connectivity index (χ2v) is 5.12. The van der Waals surface area contributed by atoms with Crippen molar-refractivity contribution in [3.8, 4) is 22.3 Å². The molecule has 0 radical (unpaired) electrons. The molecule has 0 spiro atoms. The van der Waals surface area contributed by atoms with Crippen LogP contribution in [0.25, 0.3) is 10.4 Å². The maximum atomic E-state index is 6.16. The predicted octanol–water partition coefficient (Wildman–Crippen LogP) is 4.40. The number of pyridine rings is 1. The van der Waals surface area contributed by atoms with Gasteiger partial charge in [-0.05, 0) is 25.5 Å². The minimum atomic E-state index is 0.847. The molecule has 1 nitrogen and oxygen atoms in total. The third-order valence-corrected chi connectivity index (χ3v) is 4.15. The molecule has 2 heterocycles.